The number of fused-ring (bicyclic) bond motifs is 8. The predicted octanol–water partition coefficient (Wildman–Crippen LogP) is 13.2. The monoisotopic (exact) mass is 592 g/mol. The number of rotatable bonds is 2. The molecular weight excluding hydrogens is 569 g/mol. The van der Waals surface area contributed by atoms with Crippen LogP contribution in [-0.4, -0.2) is 0 Å². The molecule has 44 heavy (non-hydrogen) atoms. The van der Waals surface area contributed by atoms with Gasteiger partial charge in [0.05, 0.1) is 0 Å². The van der Waals surface area contributed by atoms with E-state index in [-0.39, 0.29) is 0 Å². The van der Waals surface area contributed by atoms with E-state index in [2.05, 4.69) is 146 Å². The molecule has 0 nitrogen and oxygen atoms in total. The van der Waals surface area contributed by atoms with Crippen molar-refractivity contribution < 1.29 is 0 Å². The average molecular weight is 593 g/mol. The molecule has 0 bridgehead atoms. The Bertz CT molecular complexity index is 2750. The Morgan fingerprint density at radius 3 is 1.64 bits per heavy atom. The summed E-state index contributed by atoms with van der Waals surface area (Å²) < 4.78 is 5.38. The second-order valence-corrected chi connectivity index (χ2v) is 13.7. The van der Waals surface area contributed by atoms with Gasteiger partial charge in [0.2, 0.25) is 0 Å². The van der Waals surface area contributed by atoms with E-state index in [1.807, 2.05) is 22.7 Å². The lowest BCUT2D eigenvalue weighted by Crippen LogP contribution is -1.90. The van der Waals surface area contributed by atoms with Gasteiger partial charge in [-0.2, -0.15) is 0 Å². The van der Waals surface area contributed by atoms with Crippen LogP contribution in [0.4, 0.5) is 0 Å². The molecule has 0 saturated heterocycles. The van der Waals surface area contributed by atoms with Gasteiger partial charge < -0.3 is 0 Å². The Balaban J connectivity index is 1.48. The molecule has 0 atom stereocenters. The van der Waals surface area contributed by atoms with Crippen molar-refractivity contribution in [2.75, 3.05) is 0 Å². The van der Waals surface area contributed by atoms with Gasteiger partial charge in [-0.05, 0) is 62.5 Å². The first-order valence-electron chi connectivity index (χ1n) is 15.0. The molecule has 0 fully saturated rings. The van der Waals surface area contributed by atoms with E-state index in [1.54, 1.807) is 0 Å². The molecule has 0 spiro atoms. The maximum Gasteiger partial charge on any atom is 0.0434 e. The summed E-state index contributed by atoms with van der Waals surface area (Å²) >= 11 is 3.86. The molecule has 10 rings (SSSR count). The molecule has 0 N–H and O–H groups in total. The summed E-state index contributed by atoms with van der Waals surface area (Å²) in [5.74, 6) is 0. The van der Waals surface area contributed by atoms with Gasteiger partial charge in [0.15, 0.2) is 0 Å². The zero-order valence-corrected chi connectivity index (χ0v) is 25.3. The molecule has 0 saturated carbocycles. The lowest BCUT2D eigenvalue weighted by atomic mass is 9.89. The van der Waals surface area contributed by atoms with E-state index in [9.17, 15) is 0 Å². The Labute approximate surface area is 262 Å². The molecule has 10 aromatic rings. The smallest absolute Gasteiger partial charge is 0.0434 e. The normalized spacial score (nSPS) is 12.1. The quantitative estimate of drug-likeness (QED) is 0.138. The summed E-state index contributed by atoms with van der Waals surface area (Å²) in [5, 5.41) is 13.5. The van der Waals surface area contributed by atoms with Crippen LogP contribution in [0.5, 0.6) is 0 Å². The highest BCUT2D eigenvalue weighted by Gasteiger charge is 2.21. The van der Waals surface area contributed by atoms with Gasteiger partial charge in [0, 0.05) is 56.7 Å². The van der Waals surface area contributed by atoms with Crippen LogP contribution in [0.25, 0.3) is 94.9 Å². The van der Waals surface area contributed by atoms with Gasteiger partial charge in [0.1, 0.15) is 0 Å². The third-order valence-corrected chi connectivity index (χ3v) is 11.6. The Morgan fingerprint density at radius 1 is 0.318 bits per heavy atom. The van der Waals surface area contributed by atoms with Crippen molar-refractivity contribution >= 4 is 95.3 Å². The Hall–Kier alpha value is -5.02. The van der Waals surface area contributed by atoms with Crippen molar-refractivity contribution in [2.45, 2.75) is 0 Å². The molecule has 0 unspecified atom stereocenters. The van der Waals surface area contributed by atoms with E-state index in [0.717, 1.165) is 0 Å². The van der Waals surface area contributed by atoms with Crippen LogP contribution in [0.3, 0.4) is 0 Å². The molecule has 0 aliphatic rings. The topological polar surface area (TPSA) is 0 Å². The third-order valence-electron chi connectivity index (χ3n) is 9.21. The first kappa shape index (κ1) is 24.4. The van der Waals surface area contributed by atoms with Crippen LogP contribution in [0.15, 0.2) is 146 Å². The molecule has 0 amide bonds. The van der Waals surface area contributed by atoms with Crippen LogP contribution >= 0.6 is 22.7 Å². The lowest BCUT2D eigenvalue weighted by molar-refractivity contribution is 1.63. The zero-order chi connectivity index (χ0) is 28.8. The van der Waals surface area contributed by atoms with Gasteiger partial charge >= 0.3 is 0 Å². The van der Waals surface area contributed by atoms with Crippen molar-refractivity contribution in [1.82, 2.24) is 0 Å². The number of hydrogen-bond donors (Lipinski definition) is 0. The molecule has 0 aliphatic carbocycles. The van der Waals surface area contributed by atoms with E-state index in [0.29, 0.717) is 0 Å². The summed E-state index contributed by atoms with van der Waals surface area (Å²) in [4.78, 5) is 0. The molecular formula is C42H24S2. The largest absolute Gasteiger partial charge is 0.135 e. The van der Waals surface area contributed by atoms with E-state index >= 15 is 0 Å². The third kappa shape index (κ3) is 3.38. The van der Waals surface area contributed by atoms with Crippen LogP contribution < -0.4 is 0 Å². The second kappa shape index (κ2) is 9.24. The van der Waals surface area contributed by atoms with Crippen molar-refractivity contribution in [3.63, 3.8) is 0 Å². The summed E-state index contributed by atoms with van der Waals surface area (Å²) in [6.45, 7) is 0. The van der Waals surface area contributed by atoms with Crippen LogP contribution in [-0.2, 0) is 0 Å². The fraction of sp³-hybridized carbons (Fsp3) is 0. The van der Waals surface area contributed by atoms with Crippen LogP contribution in [0.1, 0.15) is 0 Å². The maximum absolute atomic E-state index is 2.45. The number of hydrogen-bond acceptors (Lipinski definition) is 2. The molecule has 8 aromatic carbocycles. The van der Waals surface area contributed by atoms with Crippen LogP contribution in [0, 0.1) is 0 Å². The Kier molecular flexibility index (Phi) is 5.13. The van der Waals surface area contributed by atoms with Crippen LogP contribution in [0.2, 0.25) is 0 Å². The Morgan fingerprint density at radius 2 is 0.909 bits per heavy atom. The minimum Gasteiger partial charge on any atom is -0.135 e. The van der Waals surface area contributed by atoms with Gasteiger partial charge in [-0.1, -0.05) is 121 Å². The summed E-state index contributed by atoms with van der Waals surface area (Å²) in [6, 6.07) is 53.9. The van der Waals surface area contributed by atoms with Crippen molar-refractivity contribution in [3.8, 4) is 22.3 Å². The fourth-order valence-electron chi connectivity index (χ4n) is 7.32. The minimum absolute atomic E-state index is 1.24. The van der Waals surface area contributed by atoms with E-state index < -0.39 is 0 Å². The molecule has 0 aliphatic heterocycles. The van der Waals surface area contributed by atoms with Gasteiger partial charge in [-0.15, -0.1) is 22.7 Å². The average Bonchev–Trinajstić information content (AvgIpc) is 3.09. The highest BCUT2D eigenvalue weighted by Crippen LogP contribution is 2.51. The van der Waals surface area contributed by atoms with Gasteiger partial charge in [-0.3, -0.25) is 0 Å². The van der Waals surface area contributed by atoms with Gasteiger partial charge in [-0.25, -0.2) is 0 Å². The summed E-state index contributed by atoms with van der Waals surface area (Å²) in [7, 11) is 0. The minimum atomic E-state index is 1.24. The standard InChI is InChI=1S/C42H24S2/c1-3-11-25(12-4-1)28-23-33(26-13-5-2-6-14-26)42-34(24-28)38-31-18-10-19-35-39(31)37(30-17-9-20-36(44-42)40(30)38)32-22-21-27-15-7-8-16-29(27)41(32)43-35/h1-24H. The molecule has 2 heterocycles. The van der Waals surface area contributed by atoms with Crippen molar-refractivity contribution in [3.05, 3.63) is 146 Å². The van der Waals surface area contributed by atoms with Gasteiger partial charge in [0.25, 0.3) is 0 Å². The predicted molar refractivity (Wildman–Crippen MR) is 196 cm³/mol. The highest BCUT2D eigenvalue weighted by molar-refractivity contribution is 7.26. The zero-order valence-electron chi connectivity index (χ0n) is 23.7. The van der Waals surface area contributed by atoms with E-state index in [4.69, 9.17) is 0 Å². The first-order valence-corrected chi connectivity index (χ1v) is 16.7. The summed E-state index contributed by atoms with van der Waals surface area (Å²) in [6.07, 6.45) is 0. The summed E-state index contributed by atoms with van der Waals surface area (Å²) in [5.41, 5.74) is 5.04. The highest BCUT2D eigenvalue weighted by atomic mass is 32.1. The number of benzene rings is 8. The van der Waals surface area contributed by atoms with Crippen molar-refractivity contribution in [1.29, 1.82) is 0 Å². The molecule has 2 aromatic heterocycles. The molecule has 204 valence electrons. The lowest BCUT2D eigenvalue weighted by Gasteiger charge is -2.19. The fourth-order valence-corrected chi connectivity index (χ4v) is 9.81. The molecule has 2 heteroatoms. The van der Waals surface area contributed by atoms with Crippen molar-refractivity contribution in [2.24, 2.45) is 0 Å². The SMILES string of the molecule is c1ccc(-c2cc(-c3ccccc3)c3sc4cccc5c4c(c3c2)c2cccc3sc4c6ccccc6ccc4c5c32)cc1. The second-order valence-electron chi connectivity index (χ2n) is 11.6. The maximum atomic E-state index is 2.45. The first-order chi connectivity index (χ1) is 21.8. The molecule has 0 radical (unpaired) electrons. The van der Waals surface area contributed by atoms with E-state index in [1.165, 1.54) is 94.9 Å².